The number of hydrogen-bond donors (Lipinski definition) is 1. The average molecular weight is 315 g/mol. The lowest BCUT2D eigenvalue weighted by molar-refractivity contribution is 0.575. The molecule has 0 spiro atoms. The number of benzene rings is 2. The Morgan fingerprint density at radius 1 is 1.00 bits per heavy atom. The van der Waals surface area contributed by atoms with E-state index in [1.54, 1.807) is 6.07 Å². The molecule has 0 amide bonds. The summed E-state index contributed by atoms with van der Waals surface area (Å²) in [5.41, 5.74) is 2.18. The fourth-order valence-electron chi connectivity index (χ4n) is 1.82. The first-order valence-electron chi connectivity index (χ1n) is 5.99. The largest absolute Gasteiger partial charge is 0.306 e. The van der Waals surface area contributed by atoms with Gasteiger partial charge in [-0.2, -0.15) is 0 Å². The molecule has 0 fully saturated rings. The second-order valence-corrected chi connectivity index (χ2v) is 5.59. The maximum absolute atomic E-state index is 6.15. The minimum absolute atomic E-state index is 0.215. The van der Waals surface area contributed by atoms with Crippen LogP contribution in [-0.2, 0) is 6.54 Å². The van der Waals surface area contributed by atoms with Crippen molar-refractivity contribution in [3.8, 4) is 0 Å². The van der Waals surface area contributed by atoms with Crippen LogP contribution in [0.2, 0.25) is 15.1 Å². The van der Waals surface area contributed by atoms with Crippen LogP contribution in [0, 0.1) is 0 Å². The van der Waals surface area contributed by atoms with Gasteiger partial charge in [-0.25, -0.2) is 0 Å². The Labute approximate surface area is 128 Å². The van der Waals surface area contributed by atoms with Crippen molar-refractivity contribution >= 4 is 34.8 Å². The highest BCUT2D eigenvalue weighted by molar-refractivity contribution is 6.42. The zero-order valence-corrected chi connectivity index (χ0v) is 12.7. The molecule has 4 heteroatoms. The van der Waals surface area contributed by atoms with Crippen LogP contribution in [0.1, 0.15) is 24.1 Å². The van der Waals surface area contributed by atoms with Gasteiger partial charge >= 0.3 is 0 Å². The maximum Gasteiger partial charge on any atom is 0.0637 e. The van der Waals surface area contributed by atoms with Gasteiger partial charge in [0, 0.05) is 17.6 Å². The average Bonchev–Trinajstić information content (AvgIpc) is 2.41. The monoisotopic (exact) mass is 313 g/mol. The fraction of sp³-hybridized carbons (Fsp3) is 0.200. The molecule has 1 unspecified atom stereocenters. The minimum atomic E-state index is 0.215. The second-order valence-electron chi connectivity index (χ2n) is 4.37. The fourth-order valence-corrected chi connectivity index (χ4v) is 2.33. The first-order chi connectivity index (χ1) is 9.08. The summed E-state index contributed by atoms with van der Waals surface area (Å²) in [7, 11) is 0. The van der Waals surface area contributed by atoms with Crippen LogP contribution in [0.4, 0.5) is 0 Å². The molecule has 19 heavy (non-hydrogen) atoms. The van der Waals surface area contributed by atoms with Gasteiger partial charge in [0.25, 0.3) is 0 Å². The maximum atomic E-state index is 6.15. The molecular formula is C15H14Cl3N. The van der Waals surface area contributed by atoms with Crippen LogP contribution in [0.3, 0.4) is 0 Å². The molecule has 1 N–H and O–H groups in total. The molecule has 100 valence electrons. The molecule has 0 saturated carbocycles. The molecule has 0 heterocycles. The van der Waals surface area contributed by atoms with Crippen molar-refractivity contribution in [1.82, 2.24) is 5.32 Å². The molecule has 2 aromatic carbocycles. The Balaban J connectivity index is 2.02. The standard InChI is InChI=1S/C15H14Cl3N/c1-10(11-5-7-13(16)8-6-11)19-9-12-3-2-4-14(17)15(12)18/h2-8,10,19H,9H2,1H3. The molecule has 0 saturated heterocycles. The van der Waals surface area contributed by atoms with Gasteiger partial charge in [-0.3, -0.25) is 0 Å². The van der Waals surface area contributed by atoms with Crippen molar-refractivity contribution in [3.63, 3.8) is 0 Å². The predicted molar refractivity (Wildman–Crippen MR) is 83.2 cm³/mol. The zero-order chi connectivity index (χ0) is 13.8. The van der Waals surface area contributed by atoms with Crippen molar-refractivity contribution < 1.29 is 0 Å². The first-order valence-corrected chi connectivity index (χ1v) is 7.13. The molecule has 0 aliphatic heterocycles. The molecule has 1 nitrogen and oxygen atoms in total. The van der Waals surface area contributed by atoms with Crippen molar-refractivity contribution in [3.05, 3.63) is 68.7 Å². The van der Waals surface area contributed by atoms with Gasteiger partial charge in [0.15, 0.2) is 0 Å². The molecule has 0 bridgehead atoms. The summed E-state index contributed by atoms with van der Waals surface area (Å²) < 4.78 is 0. The Kier molecular flexibility index (Phi) is 5.12. The van der Waals surface area contributed by atoms with Crippen molar-refractivity contribution in [1.29, 1.82) is 0 Å². The van der Waals surface area contributed by atoms with E-state index in [9.17, 15) is 0 Å². The lowest BCUT2D eigenvalue weighted by Gasteiger charge is -2.15. The summed E-state index contributed by atoms with van der Waals surface area (Å²) in [6.45, 7) is 2.77. The number of nitrogens with one attached hydrogen (secondary N) is 1. The van der Waals surface area contributed by atoms with Crippen molar-refractivity contribution in [2.45, 2.75) is 19.5 Å². The summed E-state index contributed by atoms with van der Waals surface area (Å²) in [5, 5.41) is 5.36. The topological polar surface area (TPSA) is 12.0 Å². The molecule has 1 atom stereocenters. The molecule has 0 aliphatic rings. The normalized spacial score (nSPS) is 12.4. The molecule has 2 aromatic rings. The lowest BCUT2D eigenvalue weighted by atomic mass is 10.1. The van der Waals surface area contributed by atoms with E-state index in [1.165, 1.54) is 5.56 Å². The quantitative estimate of drug-likeness (QED) is 0.786. The highest BCUT2D eigenvalue weighted by Gasteiger charge is 2.08. The van der Waals surface area contributed by atoms with E-state index in [0.29, 0.717) is 16.6 Å². The van der Waals surface area contributed by atoms with Crippen molar-refractivity contribution in [2.75, 3.05) is 0 Å². The van der Waals surface area contributed by atoms with Crippen LogP contribution in [-0.4, -0.2) is 0 Å². The van der Waals surface area contributed by atoms with Crippen LogP contribution in [0.25, 0.3) is 0 Å². The first kappa shape index (κ1) is 14.7. The van der Waals surface area contributed by atoms with Crippen LogP contribution in [0.5, 0.6) is 0 Å². The van der Waals surface area contributed by atoms with Crippen LogP contribution in [0.15, 0.2) is 42.5 Å². The van der Waals surface area contributed by atoms with E-state index in [1.807, 2.05) is 36.4 Å². The van der Waals surface area contributed by atoms with Crippen LogP contribution < -0.4 is 5.32 Å². The molecular weight excluding hydrogens is 301 g/mol. The van der Waals surface area contributed by atoms with Gasteiger partial charge in [-0.15, -0.1) is 0 Å². The molecule has 0 aromatic heterocycles. The van der Waals surface area contributed by atoms with E-state index < -0.39 is 0 Å². The van der Waals surface area contributed by atoms with E-state index in [4.69, 9.17) is 34.8 Å². The van der Waals surface area contributed by atoms with E-state index in [2.05, 4.69) is 12.2 Å². The lowest BCUT2D eigenvalue weighted by Crippen LogP contribution is -2.18. The molecule has 2 rings (SSSR count). The Bertz CT molecular complexity index is 552. The van der Waals surface area contributed by atoms with Gasteiger partial charge in [-0.05, 0) is 36.2 Å². The summed E-state index contributed by atoms with van der Waals surface area (Å²) in [4.78, 5) is 0. The smallest absolute Gasteiger partial charge is 0.0637 e. The van der Waals surface area contributed by atoms with E-state index >= 15 is 0 Å². The third-order valence-corrected chi connectivity index (χ3v) is 4.11. The van der Waals surface area contributed by atoms with E-state index in [0.717, 1.165) is 10.6 Å². The molecule has 0 aliphatic carbocycles. The Morgan fingerprint density at radius 2 is 1.68 bits per heavy atom. The Hall–Kier alpha value is -0.730. The van der Waals surface area contributed by atoms with Gasteiger partial charge < -0.3 is 5.32 Å². The summed E-state index contributed by atoms with van der Waals surface area (Å²) in [6.07, 6.45) is 0. The van der Waals surface area contributed by atoms with Gasteiger partial charge in [0.1, 0.15) is 0 Å². The predicted octanol–water partition coefficient (Wildman–Crippen LogP) is 5.50. The highest BCUT2D eigenvalue weighted by Crippen LogP contribution is 2.26. The second kappa shape index (κ2) is 6.62. The number of hydrogen-bond acceptors (Lipinski definition) is 1. The third-order valence-electron chi connectivity index (χ3n) is 3.00. The van der Waals surface area contributed by atoms with E-state index in [-0.39, 0.29) is 6.04 Å². The molecule has 0 radical (unpaired) electrons. The third kappa shape index (κ3) is 3.87. The van der Waals surface area contributed by atoms with Gasteiger partial charge in [-0.1, -0.05) is 59.1 Å². The SMILES string of the molecule is CC(NCc1cccc(Cl)c1Cl)c1ccc(Cl)cc1. The zero-order valence-electron chi connectivity index (χ0n) is 10.5. The van der Waals surface area contributed by atoms with Gasteiger partial charge in [0.05, 0.1) is 10.0 Å². The van der Waals surface area contributed by atoms with Crippen LogP contribution >= 0.6 is 34.8 Å². The number of rotatable bonds is 4. The van der Waals surface area contributed by atoms with Crippen molar-refractivity contribution in [2.24, 2.45) is 0 Å². The summed E-state index contributed by atoms with van der Waals surface area (Å²) >= 11 is 18.0. The van der Waals surface area contributed by atoms with Gasteiger partial charge in [0.2, 0.25) is 0 Å². The summed E-state index contributed by atoms with van der Waals surface area (Å²) in [5.74, 6) is 0. The Morgan fingerprint density at radius 3 is 2.37 bits per heavy atom. The summed E-state index contributed by atoms with van der Waals surface area (Å²) in [6, 6.07) is 13.7. The minimum Gasteiger partial charge on any atom is -0.306 e. The highest BCUT2D eigenvalue weighted by atomic mass is 35.5. The number of halogens is 3.